The van der Waals surface area contributed by atoms with Crippen molar-refractivity contribution in [1.82, 2.24) is 19.5 Å². The van der Waals surface area contributed by atoms with Crippen LogP contribution >= 0.6 is 11.8 Å². The second-order valence-electron chi connectivity index (χ2n) is 12.5. The summed E-state index contributed by atoms with van der Waals surface area (Å²) in [6.07, 6.45) is 1.01. The van der Waals surface area contributed by atoms with Crippen molar-refractivity contribution >= 4 is 46.6 Å². The van der Waals surface area contributed by atoms with Gasteiger partial charge in [0, 0.05) is 19.4 Å². The number of methoxy groups -OCH3 is 1. The van der Waals surface area contributed by atoms with Crippen LogP contribution in [0.4, 0.5) is 5.82 Å². The van der Waals surface area contributed by atoms with Crippen LogP contribution in [0, 0.1) is 0 Å². The van der Waals surface area contributed by atoms with Gasteiger partial charge >= 0.3 is 11.9 Å². The van der Waals surface area contributed by atoms with Gasteiger partial charge in [-0.2, -0.15) is 0 Å². The van der Waals surface area contributed by atoms with Crippen LogP contribution < -0.4 is 10.1 Å². The van der Waals surface area contributed by atoms with Gasteiger partial charge in [-0.1, -0.05) is 91.0 Å². The van der Waals surface area contributed by atoms with E-state index in [1.807, 2.05) is 91.0 Å². The summed E-state index contributed by atoms with van der Waals surface area (Å²) in [5.41, 5.74) is 2.67. The number of ether oxygens (including phenoxy) is 4. The number of amides is 1. The summed E-state index contributed by atoms with van der Waals surface area (Å²) < 4.78 is 26.3. The Morgan fingerprint density at radius 1 is 0.741 bits per heavy atom. The number of imidazole rings is 1. The van der Waals surface area contributed by atoms with Crippen molar-refractivity contribution in [2.75, 3.05) is 19.0 Å². The van der Waals surface area contributed by atoms with Gasteiger partial charge in [-0.25, -0.2) is 15.0 Å². The molecule has 7 rings (SSSR count). The summed E-state index contributed by atoms with van der Waals surface area (Å²) in [5.74, 6) is -0.546. The van der Waals surface area contributed by atoms with E-state index in [4.69, 9.17) is 18.9 Å². The molecule has 4 aromatic carbocycles. The zero-order valence-corrected chi connectivity index (χ0v) is 30.5. The number of fused-ring (bicyclic) bond motifs is 1. The standard InChI is InChI=1S/C41H37N5O7S/c1-26(47)52-35-33(23-51-41(29-15-9-5-10-16-29,30-17-11-6-12-18-30)31-19-21-32(50-3)22-20-31)54-40(36(35)53-27(2)48)46-25-44-34-37(42-24-43-38(34)46)45-39(49)28-13-7-4-8-14-28/h4-22,24-25,33,35-36,40H,23H2,1-3H3,(H,42,43,45,49)/t33-,35-,36-,40-/m1/s1. The highest BCUT2D eigenvalue weighted by Gasteiger charge is 2.51. The van der Waals surface area contributed by atoms with Crippen LogP contribution in [0.3, 0.4) is 0 Å². The molecule has 0 aliphatic carbocycles. The molecule has 0 unspecified atom stereocenters. The number of carbonyl (C=O) groups is 3. The van der Waals surface area contributed by atoms with E-state index in [2.05, 4.69) is 20.3 Å². The minimum Gasteiger partial charge on any atom is -0.497 e. The molecule has 1 saturated heterocycles. The average molecular weight is 744 g/mol. The number of hydrogen-bond donors (Lipinski definition) is 1. The third-order valence-corrected chi connectivity index (χ3v) is 10.6. The zero-order chi connectivity index (χ0) is 37.7. The summed E-state index contributed by atoms with van der Waals surface area (Å²) in [6.45, 7) is 2.69. The fourth-order valence-electron chi connectivity index (χ4n) is 6.74. The first-order valence-corrected chi connectivity index (χ1v) is 18.2. The first kappa shape index (κ1) is 36.3. The number of thioether (sulfide) groups is 1. The smallest absolute Gasteiger partial charge is 0.303 e. The molecule has 1 N–H and O–H groups in total. The molecule has 12 nitrogen and oxygen atoms in total. The lowest BCUT2D eigenvalue weighted by atomic mass is 9.80. The molecule has 1 amide bonds. The van der Waals surface area contributed by atoms with E-state index in [1.165, 1.54) is 31.9 Å². The van der Waals surface area contributed by atoms with E-state index in [1.54, 1.807) is 42.3 Å². The molecule has 6 aromatic rings. The number of anilines is 1. The SMILES string of the molecule is COc1ccc(C(OC[C@H]2S[C@@H](n3cnc4c(NC(=O)c5ccccc5)ncnc43)[C@H](OC(C)=O)[C@@H]2OC(C)=O)(c2ccccc2)c2ccccc2)cc1. The molecule has 0 radical (unpaired) electrons. The minimum absolute atomic E-state index is 0.0622. The molecular formula is C41H37N5O7S. The number of nitrogens with one attached hydrogen (secondary N) is 1. The van der Waals surface area contributed by atoms with Crippen molar-refractivity contribution in [3.63, 3.8) is 0 Å². The van der Waals surface area contributed by atoms with Crippen molar-refractivity contribution in [3.05, 3.63) is 150 Å². The minimum atomic E-state index is -1.11. The van der Waals surface area contributed by atoms with Crippen molar-refractivity contribution < 1.29 is 33.3 Å². The molecule has 1 aliphatic heterocycles. The van der Waals surface area contributed by atoms with Gasteiger partial charge in [0.1, 0.15) is 23.1 Å². The van der Waals surface area contributed by atoms with Gasteiger partial charge in [-0.05, 0) is 41.0 Å². The number of nitrogens with zero attached hydrogens (tertiary/aromatic N) is 4. The van der Waals surface area contributed by atoms with Gasteiger partial charge in [0.05, 0.1) is 25.3 Å². The van der Waals surface area contributed by atoms with Gasteiger partial charge in [0.25, 0.3) is 5.91 Å². The monoisotopic (exact) mass is 743 g/mol. The topological polar surface area (TPSA) is 144 Å². The fourth-order valence-corrected chi connectivity index (χ4v) is 8.27. The lowest BCUT2D eigenvalue weighted by molar-refractivity contribution is -0.166. The Bertz CT molecular complexity index is 2200. The first-order chi connectivity index (χ1) is 26.3. The Labute approximate surface area is 315 Å². The van der Waals surface area contributed by atoms with Crippen molar-refractivity contribution in [2.45, 2.75) is 42.3 Å². The molecule has 1 aliphatic rings. The summed E-state index contributed by atoms with van der Waals surface area (Å²) >= 11 is 1.41. The van der Waals surface area contributed by atoms with E-state index in [0.717, 1.165) is 16.7 Å². The highest BCUT2D eigenvalue weighted by atomic mass is 32.2. The summed E-state index contributed by atoms with van der Waals surface area (Å²) in [6, 6.07) is 36.3. The highest BCUT2D eigenvalue weighted by Crippen LogP contribution is 2.48. The number of hydrogen-bond acceptors (Lipinski definition) is 11. The summed E-state index contributed by atoms with van der Waals surface area (Å²) in [4.78, 5) is 51.7. The third kappa shape index (κ3) is 7.28. The van der Waals surface area contributed by atoms with Crippen LogP contribution in [-0.4, -0.2) is 68.5 Å². The predicted octanol–water partition coefficient (Wildman–Crippen LogP) is 6.57. The van der Waals surface area contributed by atoms with Gasteiger partial charge < -0.3 is 24.3 Å². The van der Waals surface area contributed by atoms with E-state index >= 15 is 0 Å². The Kier molecular flexibility index (Phi) is 10.7. The number of esters is 2. The lowest BCUT2D eigenvalue weighted by Gasteiger charge is -2.37. The van der Waals surface area contributed by atoms with Crippen LogP contribution in [0.1, 0.15) is 46.3 Å². The van der Waals surface area contributed by atoms with Gasteiger partial charge in [0.15, 0.2) is 29.2 Å². The quantitative estimate of drug-likeness (QED) is 0.107. The molecule has 54 heavy (non-hydrogen) atoms. The maximum absolute atomic E-state index is 13.0. The second-order valence-corrected chi connectivity index (χ2v) is 13.9. The zero-order valence-electron chi connectivity index (χ0n) is 29.7. The predicted molar refractivity (Wildman–Crippen MR) is 203 cm³/mol. The molecule has 0 saturated carbocycles. The van der Waals surface area contributed by atoms with Crippen LogP contribution in [0.25, 0.3) is 11.2 Å². The van der Waals surface area contributed by atoms with E-state index < -0.39 is 40.4 Å². The summed E-state index contributed by atoms with van der Waals surface area (Å²) in [5, 5.41) is 1.63. The fraction of sp³-hybridized carbons (Fsp3) is 0.220. The number of rotatable bonds is 12. The van der Waals surface area contributed by atoms with Gasteiger partial charge in [0.2, 0.25) is 0 Å². The molecule has 4 atom stereocenters. The Hall–Kier alpha value is -6.05. The van der Waals surface area contributed by atoms with Crippen molar-refractivity contribution in [2.24, 2.45) is 0 Å². The Morgan fingerprint density at radius 3 is 1.91 bits per heavy atom. The van der Waals surface area contributed by atoms with Crippen LogP contribution in [0.2, 0.25) is 0 Å². The first-order valence-electron chi connectivity index (χ1n) is 17.2. The van der Waals surface area contributed by atoms with Crippen LogP contribution in [0.5, 0.6) is 5.75 Å². The molecule has 3 heterocycles. The number of carbonyl (C=O) groups excluding carboxylic acids is 3. The molecule has 13 heteroatoms. The van der Waals surface area contributed by atoms with E-state index in [0.29, 0.717) is 22.5 Å². The lowest BCUT2D eigenvalue weighted by Crippen LogP contribution is -2.42. The van der Waals surface area contributed by atoms with E-state index in [9.17, 15) is 14.4 Å². The molecule has 274 valence electrons. The van der Waals surface area contributed by atoms with Crippen LogP contribution in [-0.2, 0) is 29.4 Å². The largest absolute Gasteiger partial charge is 0.497 e. The molecule has 0 bridgehead atoms. The molecular weight excluding hydrogens is 707 g/mol. The normalized spacial score (nSPS) is 18.2. The van der Waals surface area contributed by atoms with E-state index in [-0.39, 0.29) is 18.3 Å². The maximum Gasteiger partial charge on any atom is 0.303 e. The third-order valence-electron chi connectivity index (χ3n) is 9.11. The van der Waals surface area contributed by atoms with Gasteiger partial charge in [-0.3, -0.25) is 19.0 Å². The van der Waals surface area contributed by atoms with Crippen molar-refractivity contribution in [1.29, 1.82) is 0 Å². The van der Waals surface area contributed by atoms with Crippen LogP contribution in [0.15, 0.2) is 128 Å². The van der Waals surface area contributed by atoms with Gasteiger partial charge in [-0.15, -0.1) is 11.8 Å². The number of aromatic nitrogens is 4. The van der Waals surface area contributed by atoms with Crippen molar-refractivity contribution in [3.8, 4) is 5.75 Å². The summed E-state index contributed by atoms with van der Waals surface area (Å²) in [7, 11) is 1.62. The number of benzene rings is 4. The molecule has 2 aromatic heterocycles. The highest BCUT2D eigenvalue weighted by molar-refractivity contribution is 8.00. The Morgan fingerprint density at radius 2 is 1.31 bits per heavy atom. The Balaban J connectivity index is 1.28. The molecule has 0 spiro atoms. The maximum atomic E-state index is 13.0. The second kappa shape index (κ2) is 15.9. The average Bonchev–Trinajstić information content (AvgIpc) is 3.77. The molecule has 1 fully saturated rings.